The molecule has 0 N–H and O–H groups in total. The van der Waals surface area contributed by atoms with Crippen LogP contribution in [0.25, 0.3) is 22.0 Å². The number of carbonyl (C=O) groups excluding carboxylic acids is 1. The highest BCUT2D eigenvalue weighted by molar-refractivity contribution is 6.09. The van der Waals surface area contributed by atoms with Crippen molar-refractivity contribution >= 4 is 16.7 Å². The molecular formula is C19H18N2O2. The maximum absolute atomic E-state index is 12.2. The second kappa shape index (κ2) is 6.16. The number of benzene rings is 2. The van der Waals surface area contributed by atoms with E-state index in [1.54, 1.807) is 19.2 Å². The van der Waals surface area contributed by atoms with Gasteiger partial charge in [0.2, 0.25) is 0 Å². The fraction of sp³-hybridized carbons (Fsp3) is 0.211. The van der Waals surface area contributed by atoms with Gasteiger partial charge in [-0.15, -0.1) is 0 Å². The third-order valence-electron chi connectivity index (χ3n) is 3.75. The van der Waals surface area contributed by atoms with Crippen LogP contribution in [0.15, 0.2) is 42.6 Å². The summed E-state index contributed by atoms with van der Waals surface area (Å²) < 4.78 is 5.16. The standard InChI is InChI=1S/C19H18N2O2/c1-4-23-19(22)17-10-9-16(14-7-5-6-8-15(14)17)18-13(3)20-11-12(2)21-18/h5-11H,4H2,1-3H3. The molecule has 2 aromatic carbocycles. The molecule has 0 radical (unpaired) electrons. The van der Waals surface area contributed by atoms with E-state index in [9.17, 15) is 4.79 Å². The fourth-order valence-corrected chi connectivity index (χ4v) is 2.69. The van der Waals surface area contributed by atoms with Gasteiger partial charge in [0.1, 0.15) is 0 Å². The number of aromatic nitrogens is 2. The number of aryl methyl sites for hydroxylation is 2. The Bertz CT molecular complexity index is 888. The Morgan fingerprint density at radius 1 is 1.09 bits per heavy atom. The molecule has 0 saturated heterocycles. The van der Waals surface area contributed by atoms with Crippen molar-refractivity contribution in [1.29, 1.82) is 0 Å². The monoisotopic (exact) mass is 306 g/mol. The highest BCUT2D eigenvalue weighted by Gasteiger charge is 2.16. The summed E-state index contributed by atoms with van der Waals surface area (Å²) in [5.74, 6) is -0.303. The molecule has 4 nitrogen and oxygen atoms in total. The molecule has 0 unspecified atom stereocenters. The largest absolute Gasteiger partial charge is 0.462 e. The molecule has 3 aromatic rings. The van der Waals surface area contributed by atoms with Crippen LogP contribution in [-0.2, 0) is 4.74 Å². The van der Waals surface area contributed by atoms with Crippen molar-refractivity contribution in [3.05, 3.63) is 59.5 Å². The van der Waals surface area contributed by atoms with Crippen LogP contribution in [0.1, 0.15) is 28.7 Å². The Morgan fingerprint density at radius 3 is 2.57 bits per heavy atom. The minimum Gasteiger partial charge on any atom is -0.462 e. The van der Waals surface area contributed by atoms with Gasteiger partial charge in [0.15, 0.2) is 0 Å². The van der Waals surface area contributed by atoms with E-state index in [1.807, 2.05) is 44.2 Å². The van der Waals surface area contributed by atoms with E-state index in [0.717, 1.165) is 33.4 Å². The average molecular weight is 306 g/mol. The number of carbonyl (C=O) groups is 1. The van der Waals surface area contributed by atoms with Gasteiger partial charge in [-0.2, -0.15) is 0 Å². The van der Waals surface area contributed by atoms with Crippen LogP contribution in [-0.4, -0.2) is 22.5 Å². The summed E-state index contributed by atoms with van der Waals surface area (Å²) in [4.78, 5) is 21.2. The average Bonchev–Trinajstić information content (AvgIpc) is 2.56. The van der Waals surface area contributed by atoms with Crippen molar-refractivity contribution in [3.8, 4) is 11.3 Å². The quantitative estimate of drug-likeness (QED) is 0.684. The Hall–Kier alpha value is -2.75. The van der Waals surface area contributed by atoms with Crippen LogP contribution in [0, 0.1) is 13.8 Å². The normalized spacial score (nSPS) is 10.7. The molecular weight excluding hydrogens is 288 g/mol. The zero-order valence-corrected chi connectivity index (χ0v) is 13.5. The zero-order valence-electron chi connectivity index (χ0n) is 13.5. The Balaban J connectivity index is 2.27. The van der Waals surface area contributed by atoms with E-state index in [0.29, 0.717) is 12.2 Å². The number of nitrogens with zero attached hydrogens (tertiary/aromatic N) is 2. The molecule has 4 heteroatoms. The lowest BCUT2D eigenvalue weighted by molar-refractivity contribution is 0.0528. The highest BCUT2D eigenvalue weighted by Crippen LogP contribution is 2.31. The third-order valence-corrected chi connectivity index (χ3v) is 3.75. The van der Waals surface area contributed by atoms with Gasteiger partial charge in [-0.25, -0.2) is 9.78 Å². The van der Waals surface area contributed by atoms with E-state index in [4.69, 9.17) is 4.74 Å². The third kappa shape index (κ3) is 2.80. The summed E-state index contributed by atoms with van der Waals surface area (Å²) in [5, 5.41) is 1.84. The molecule has 1 aromatic heterocycles. The van der Waals surface area contributed by atoms with E-state index in [-0.39, 0.29) is 5.97 Å². The van der Waals surface area contributed by atoms with Crippen molar-refractivity contribution in [3.63, 3.8) is 0 Å². The van der Waals surface area contributed by atoms with Crippen molar-refractivity contribution < 1.29 is 9.53 Å². The predicted octanol–water partition coefficient (Wildman–Crippen LogP) is 4.09. The molecule has 0 spiro atoms. The summed E-state index contributed by atoms with van der Waals surface area (Å²) in [7, 11) is 0. The predicted molar refractivity (Wildman–Crippen MR) is 90.4 cm³/mol. The summed E-state index contributed by atoms with van der Waals surface area (Å²) in [6.07, 6.45) is 1.76. The Kier molecular flexibility index (Phi) is 4.06. The SMILES string of the molecule is CCOC(=O)c1ccc(-c2nc(C)cnc2C)c2ccccc12. The van der Waals surface area contributed by atoms with Gasteiger partial charge in [0, 0.05) is 11.8 Å². The van der Waals surface area contributed by atoms with Gasteiger partial charge in [0.05, 0.1) is 29.3 Å². The minimum absolute atomic E-state index is 0.303. The first-order valence-corrected chi connectivity index (χ1v) is 7.61. The number of hydrogen-bond donors (Lipinski definition) is 0. The summed E-state index contributed by atoms with van der Waals surface area (Å²) in [6, 6.07) is 11.5. The number of rotatable bonds is 3. The van der Waals surface area contributed by atoms with Gasteiger partial charge < -0.3 is 4.74 Å². The molecule has 23 heavy (non-hydrogen) atoms. The summed E-state index contributed by atoms with van der Waals surface area (Å²) in [6.45, 7) is 6.03. The molecule has 0 atom stereocenters. The lowest BCUT2D eigenvalue weighted by Crippen LogP contribution is -2.06. The van der Waals surface area contributed by atoms with Crippen molar-refractivity contribution in [2.75, 3.05) is 6.61 Å². The van der Waals surface area contributed by atoms with Gasteiger partial charge >= 0.3 is 5.97 Å². The second-order valence-electron chi connectivity index (χ2n) is 5.37. The zero-order chi connectivity index (χ0) is 16.4. The maximum atomic E-state index is 12.2. The second-order valence-corrected chi connectivity index (χ2v) is 5.37. The van der Waals surface area contributed by atoms with Crippen molar-refractivity contribution in [1.82, 2.24) is 9.97 Å². The number of esters is 1. The smallest absolute Gasteiger partial charge is 0.338 e. The number of hydrogen-bond acceptors (Lipinski definition) is 4. The maximum Gasteiger partial charge on any atom is 0.338 e. The van der Waals surface area contributed by atoms with Gasteiger partial charge in [0.25, 0.3) is 0 Å². The first-order chi connectivity index (χ1) is 11.1. The summed E-state index contributed by atoms with van der Waals surface area (Å²) >= 11 is 0. The van der Waals surface area contributed by atoms with E-state index >= 15 is 0 Å². The number of fused-ring (bicyclic) bond motifs is 1. The summed E-state index contributed by atoms with van der Waals surface area (Å²) in [5.41, 5.74) is 4.12. The van der Waals surface area contributed by atoms with Gasteiger partial charge in [-0.1, -0.05) is 30.3 Å². The minimum atomic E-state index is -0.303. The Labute approximate surface area is 135 Å². The lowest BCUT2D eigenvalue weighted by atomic mass is 9.97. The van der Waals surface area contributed by atoms with Crippen LogP contribution in [0.5, 0.6) is 0 Å². The Morgan fingerprint density at radius 2 is 1.83 bits per heavy atom. The van der Waals surface area contributed by atoms with E-state index in [1.165, 1.54) is 0 Å². The molecule has 1 heterocycles. The van der Waals surface area contributed by atoms with Gasteiger partial charge in [-0.05, 0) is 37.6 Å². The van der Waals surface area contributed by atoms with Crippen LogP contribution in [0.3, 0.4) is 0 Å². The molecule has 0 aliphatic heterocycles. The number of ether oxygens (including phenoxy) is 1. The van der Waals surface area contributed by atoms with Crippen LogP contribution < -0.4 is 0 Å². The fourth-order valence-electron chi connectivity index (χ4n) is 2.69. The molecule has 3 rings (SSSR count). The molecule has 0 amide bonds. The topological polar surface area (TPSA) is 52.1 Å². The van der Waals surface area contributed by atoms with Crippen LogP contribution in [0.2, 0.25) is 0 Å². The lowest BCUT2D eigenvalue weighted by Gasteiger charge is -2.12. The highest BCUT2D eigenvalue weighted by atomic mass is 16.5. The molecule has 0 aliphatic rings. The molecule has 0 bridgehead atoms. The van der Waals surface area contributed by atoms with Crippen molar-refractivity contribution in [2.45, 2.75) is 20.8 Å². The van der Waals surface area contributed by atoms with Crippen LogP contribution in [0.4, 0.5) is 0 Å². The van der Waals surface area contributed by atoms with Crippen LogP contribution >= 0.6 is 0 Å². The molecule has 0 fully saturated rings. The first-order valence-electron chi connectivity index (χ1n) is 7.61. The first kappa shape index (κ1) is 15.2. The van der Waals surface area contributed by atoms with E-state index < -0.39 is 0 Å². The molecule has 0 saturated carbocycles. The molecule has 0 aliphatic carbocycles. The van der Waals surface area contributed by atoms with E-state index in [2.05, 4.69) is 9.97 Å². The van der Waals surface area contributed by atoms with Gasteiger partial charge in [-0.3, -0.25) is 4.98 Å². The van der Waals surface area contributed by atoms with Crippen molar-refractivity contribution in [2.24, 2.45) is 0 Å². The molecule has 116 valence electrons.